The fourth-order valence-corrected chi connectivity index (χ4v) is 2.26. The summed E-state index contributed by atoms with van der Waals surface area (Å²) in [6, 6.07) is 11.9. The predicted octanol–water partition coefficient (Wildman–Crippen LogP) is 2.33. The zero-order valence-corrected chi connectivity index (χ0v) is 14.0. The first kappa shape index (κ1) is 17.3. The fourth-order valence-electron chi connectivity index (χ4n) is 2.26. The van der Waals surface area contributed by atoms with Crippen LogP contribution in [0.25, 0.3) is 0 Å². The molecule has 3 aromatic rings. The molecule has 0 bridgehead atoms. The number of furan rings is 1. The van der Waals surface area contributed by atoms with E-state index in [-0.39, 0.29) is 5.76 Å². The number of carbonyl (C=O) groups is 2. The summed E-state index contributed by atoms with van der Waals surface area (Å²) in [6.45, 7) is -0.0410. The summed E-state index contributed by atoms with van der Waals surface area (Å²) in [5.41, 5.74) is 0.496. The van der Waals surface area contributed by atoms with Crippen LogP contribution in [0, 0.1) is 0 Å². The molecule has 0 unspecified atom stereocenters. The van der Waals surface area contributed by atoms with E-state index in [0.29, 0.717) is 23.7 Å². The summed E-state index contributed by atoms with van der Waals surface area (Å²) in [5.74, 6) is -0.101. The van der Waals surface area contributed by atoms with Crippen molar-refractivity contribution in [2.24, 2.45) is 0 Å². The molecule has 3 rings (SSSR count). The van der Waals surface area contributed by atoms with Crippen LogP contribution in [0.1, 0.15) is 16.3 Å². The van der Waals surface area contributed by atoms with E-state index in [1.165, 1.54) is 13.2 Å². The van der Waals surface area contributed by atoms with Gasteiger partial charge in [-0.25, -0.2) is 4.79 Å². The molecule has 1 amide bonds. The summed E-state index contributed by atoms with van der Waals surface area (Å²) in [7, 11) is 1.50. The third kappa shape index (κ3) is 4.29. The maximum absolute atomic E-state index is 12.0. The molecular weight excluding hydrogens is 338 g/mol. The van der Waals surface area contributed by atoms with Gasteiger partial charge in [0.15, 0.2) is 6.61 Å². The SMILES string of the molecule is COc1ccccc1NC(=O)COC(=O)c1ccc(Cn2cccn2)o1. The maximum atomic E-state index is 12.0. The second-order valence-corrected chi connectivity index (χ2v) is 5.29. The molecule has 134 valence electrons. The Balaban J connectivity index is 1.52. The molecule has 0 fully saturated rings. The highest BCUT2D eigenvalue weighted by molar-refractivity contribution is 5.95. The van der Waals surface area contributed by atoms with Gasteiger partial charge in [0.05, 0.1) is 19.3 Å². The summed E-state index contributed by atoms with van der Waals surface area (Å²) in [5, 5.41) is 6.68. The third-order valence-corrected chi connectivity index (χ3v) is 3.46. The number of para-hydroxylation sites is 2. The molecule has 8 heteroatoms. The van der Waals surface area contributed by atoms with E-state index in [9.17, 15) is 9.59 Å². The molecule has 0 aliphatic heterocycles. The van der Waals surface area contributed by atoms with Gasteiger partial charge in [0.1, 0.15) is 11.5 Å². The van der Waals surface area contributed by atoms with Crippen molar-refractivity contribution in [2.45, 2.75) is 6.54 Å². The van der Waals surface area contributed by atoms with Crippen molar-refractivity contribution in [3.63, 3.8) is 0 Å². The molecule has 0 spiro atoms. The Morgan fingerprint density at radius 1 is 1.19 bits per heavy atom. The van der Waals surface area contributed by atoms with Crippen molar-refractivity contribution < 1.29 is 23.5 Å². The van der Waals surface area contributed by atoms with Gasteiger partial charge in [-0.2, -0.15) is 5.10 Å². The average molecular weight is 355 g/mol. The number of benzene rings is 1. The number of nitrogens with zero attached hydrogens (tertiary/aromatic N) is 2. The number of methoxy groups -OCH3 is 1. The van der Waals surface area contributed by atoms with Gasteiger partial charge in [0.25, 0.3) is 5.91 Å². The largest absolute Gasteiger partial charge is 0.495 e. The van der Waals surface area contributed by atoms with Crippen molar-refractivity contribution >= 4 is 17.6 Å². The molecule has 0 aliphatic rings. The number of esters is 1. The second kappa shape index (κ2) is 8.02. The van der Waals surface area contributed by atoms with Crippen LogP contribution in [0.3, 0.4) is 0 Å². The quantitative estimate of drug-likeness (QED) is 0.654. The first-order valence-corrected chi connectivity index (χ1v) is 7.82. The van der Waals surface area contributed by atoms with Gasteiger partial charge in [0, 0.05) is 12.4 Å². The number of ether oxygens (including phenoxy) is 2. The number of nitrogens with one attached hydrogen (secondary N) is 1. The first-order valence-electron chi connectivity index (χ1n) is 7.82. The van der Waals surface area contributed by atoms with Crippen LogP contribution in [0.15, 0.2) is 59.3 Å². The van der Waals surface area contributed by atoms with E-state index in [4.69, 9.17) is 13.9 Å². The van der Waals surface area contributed by atoms with Crippen molar-refractivity contribution in [2.75, 3.05) is 19.0 Å². The molecule has 0 radical (unpaired) electrons. The summed E-state index contributed by atoms with van der Waals surface area (Å²) >= 11 is 0. The Bertz CT molecular complexity index is 886. The molecule has 0 aliphatic carbocycles. The Morgan fingerprint density at radius 2 is 2.04 bits per heavy atom. The number of aromatic nitrogens is 2. The number of hydrogen-bond acceptors (Lipinski definition) is 6. The zero-order valence-electron chi connectivity index (χ0n) is 14.0. The highest BCUT2D eigenvalue weighted by atomic mass is 16.5. The minimum atomic E-state index is -0.716. The first-order chi connectivity index (χ1) is 12.7. The van der Waals surface area contributed by atoms with Crippen LogP contribution in [0.4, 0.5) is 5.69 Å². The topological polar surface area (TPSA) is 95.6 Å². The smallest absolute Gasteiger partial charge is 0.374 e. The Hall–Kier alpha value is -3.55. The molecule has 0 saturated carbocycles. The van der Waals surface area contributed by atoms with Crippen molar-refractivity contribution in [1.82, 2.24) is 9.78 Å². The molecule has 26 heavy (non-hydrogen) atoms. The van der Waals surface area contributed by atoms with Crippen molar-refractivity contribution in [3.05, 3.63) is 66.4 Å². The lowest BCUT2D eigenvalue weighted by Gasteiger charge is -2.09. The standard InChI is InChI=1S/C18H17N3O5/c1-24-15-6-3-2-5-14(15)20-17(22)12-25-18(23)16-8-7-13(26-16)11-21-10-4-9-19-21/h2-10H,11-12H2,1H3,(H,20,22). The molecule has 2 aromatic heterocycles. The molecule has 1 N–H and O–H groups in total. The highest BCUT2D eigenvalue weighted by Gasteiger charge is 2.15. The highest BCUT2D eigenvalue weighted by Crippen LogP contribution is 2.22. The van der Waals surface area contributed by atoms with Crippen LogP contribution in [0.2, 0.25) is 0 Å². The van der Waals surface area contributed by atoms with Gasteiger partial charge >= 0.3 is 5.97 Å². The van der Waals surface area contributed by atoms with E-state index < -0.39 is 18.5 Å². The van der Waals surface area contributed by atoms with Gasteiger partial charge in [0.2, 0.25) is 5.76 Å². The molecule has 0 atom stereocenters. The minimum Gasteiger partial charge on any atom is -0.495 e. The lowest BCUT2D eigenvalue weighted by atomic mass is 10.3. The van der Waals surface area contributed by atoms with Gasteiger partial charge < -0.3 is 19.2 Å². The van der Waals surface area contributed by atoms with Gasteiger partial charge in [-0.3, -0.25) is 9.48 Å². The maximum Gasteiger partial charge on any atom is 0.374 e. The van der Waals surface area contributed by atoms with E-state index in [1.807, 2.05) is 0 Å². The molecule has 1 aromatic carbocycles. The third-order valence-electron chi connectivity index (χ3n) is 3.46. The fraction of sp³-hybridized carbons (Fsp3) is 0.167. The molecule has 8 nitrogen and oxygen atoms in total. The summed E-state index contributed by atoms with van der Waals surface area (Å²) in [4.78, 5) is 23.9. The van der Waals surface area contributed by atoms with Crippen molar-refractivity contribution in [1.29, 1.82) is 0 Å². The number of hydrogen-bond donors (Lipinski definition) is 1. The monoisotopic (exact) mass is 355 g/mol. The van der Waals surface area contributed by atoms with Crippen molar-refractivity contribution in [3.8, 4) is 5.75 Å². The van der Waals surface area contributed by atoms with Gasteiger partial charge in [-0.1, -0.05) is 12.1 Å². The number of rotatable bonds is 7. The van der Waals surface area contributed by atoms with Crippen LogP contribution in [-0.4, -0.2) is 35.4 Å². The summed E-state index contributed by atoms with van der Waals surface area (Å²) < 4.78 is 17.2. The Labute approximate surface area is 149 Å². The zero-order chi connectivity index (χ0) is 18.4. The lowest BCUT2D eigenvalue weighted by Crippen LogP contribution is -2.21. The average Bonchev–Trinajstić information content (AvgIpc) is 3.33. The van der Waals surface area contributed by atoms with E-state index in [2.05, 4.69) is 10.4 Å². The van der Waals surface area contributed by atoms with Crippen LogP contribution < -0.4 is 10.1 Å². The van der Waals surface area contributed by atoms with Crippen LogP contribution in [0.5, 0.6) is 5.75 Å². The minimum absolute atomic E-state index is 0.0252. The normalized spacial score (nSPS) is 10.3. The molecule has 0 saturated heterocycles. The molecular formula is C18H17N3O5. The summed E-state index contributed by atoms with van der Waals surface area (Å²) in [6.07, 6.45) is 3.43. The number of carbonyl (C=O) groups excluding carboxylic acids is 2. The number of amides is 1. The van der Waals surface area contributed by atoms with E-state index in [0.717, 1.165) is 0 Å². The Morgan fingerprint density at radius 3 is 2.81 bits per heavy atom. The van der Waals surface area contributed by atoms with Crippen LogP contribution in [-0.2, 0) is 16.1 Å². The number of anilines is 1. The van der Waals surface area contributed by atoms with E-state index in [1.54, 1.807) is 53.5 Å². The van der Waals surface area contributed by atoms with Gasteiger partial charge in [-0.15, -0.1) is 0 Å². The lowest BCUT2D eigenvalue weighted by molar-refractivity contribution is -0.119. The van der Waals surface area contributed by atoms with Crippen LogP contribution >= 0.6 is 0 Å². The van der Waals surface area contributed by atoms with E-state index >= 15 is 0 Å². The Kier molecular flexibility index (Phi) is 5.33. The second-order valence-electron chi connectivity index (χ2n) is 5.29. The van der Waals surface area contributed by atoms with Gasteiger partial charge in [-0.05, 0) is 30.3 Å². The molecule has 2 heterocycles. The predicted molar refractivity (Wildman–Crippen MR) is 91.9 cm³/mol.